The second-order valence-corrected chi connectivity index (χ2v) is 7.66. The first-order chi connectivity index (χ1) is 12.2. The molecule has 0 radical (unpaired) electrons. The summed E-state index contributed by atoms with van der Waals surface area (Å²) in [6.45, 7) is 1.66. The summed E-state index contributed by atoms with van der Waals surface area (Å²) in [7, 11) is 0. The van der Waals surface area contributed by atoms with E-state index in [2.05, 4.69) is 32.1 Å². The quantitative estimate of drug-likeness (QED) is 0.555. The first-order valence-electron chi connectivity index (χ1n) is 7.75. The Hall–Kier alpha value is -1.72. The topological polar surface area (TPSA) is 101 Å². The van der Waals surface area contributed by atoms with Crippen molar-refractivity contribution in [1.82, 2.24) is 14.5 Å². The van der Waals surface area contributed by atoms with E-state index in [9.17, 15) is 0 Å². The zero-order chi connectivity index (χ0) is 17.4. The maximum atomic E-state index is 6.01. The maximum absolute atomic E-state index is 6.01. The Morgan fingerprint density at radius 1 is 1.28 bits per heavy atom. The number of benzene rings is 1. The van der Waals surface area contributed by atoms with Crippen molar-refractivity contribution in [3.8, 4) is 11.5 Å². The summed E-state index contributed by atoms with van der Waals surface area (Å²) in [6.07, 6.45) is 2.57. The highest BCUT2D eigenvalue weighted by atomic mass is 127. The van der Waals surface area contributed by atoms with Crippen molar-refractivity contribution in [3.63, 3.8) is 0 Å². The summed E-state index contributed by atoms with van der Waals surface area (Å²) in [5, 5.41) is 0.861. The van der Waals surface area contributed by atoms with E-state index in [1.54, 1.807) is 18.0 Å². The van der Waals surface area contributed by atoms with Crippen LogP contribution in [0.15, 0.2) is 34.4 Å². The van der Waals surface area contributed by atoms with Crippen molar-refractivity contribution in [2.45, 2.75) is 23.0 Å². The Bertz CT molecular complexity index is 946. The summed E-state index contributed by atoms with van der Waals surface area (Å²) in [6, 6.07) is 5.90. The zero-order valence-corrected chi connectivity index (χ0v) is 16.2. The lowest BCUT2D eigenvalue weighted by atomic mass is 10.3. The Labute approximate surface area is 162 Å². The molecule has 25 heavy (non-hydrogen) atoms. The molecule has 0 aliphatic carbocycles. The molecule has 1 aliphatic rings. The number of nitrogens with two attached hydrogens (primary N) is 2. The molecule has 3 heterocycles. The summed E-state index contributed by atoms with van der Waals surface area (Å²) >= 11 is 3.87. The molecular formula is C16H16IN5O2S. The third-order valence-electron chi connectivity index (χ3n) is 3.87. The number of pyridine rings is 1. The number of rotatable bonds is 5. The van der Waals surface area contributed by atoms with E-state index in [0.29, 0.717) is 12.4 Å². The normalized spacial score (nSPS) is 12.9. The first kappa shape index (κ1) is 16.7. The summed E-state index contributed by atoms with van der Waals surface area (Å²) in [5.74, 6) is 1.97. The summed E-state index contributed by atoms with van der Waals surface area (Å²) in [5.41, 5.74) is 13.4. The van der Waals surface area contributed by atoms with Gasteiger partial charge in [-0.05, 0) is 53.8 Å². The molecule has 2 aromatic heterocycles. The molecule has 0 fully saturated rings. The highest BCUT2D eigenvalue weighted by Crippen LogP contribution is 2.41. The van der Waals surface area contributed by atoms with E-state index >= 15 is 0 Å². The number of imidazole rings is 1. The van der Waals surface area contributed by atoms with Crippen LogP contribution in [-0.4, -0.2) is 27.9 Å². The molecule has 0 amide bonds. The fraction of sp³-hybridized carbons (Fsp3) is 0.250. The maximum Gasteiger partial charge on any atom is 0.231 e. The minimum absolute atomic E-state index is 0.261. The van der Waals surface area contributed by atoms with Gasteiger partial charge in [0.15, 0.2) is 22.5 Å². The average molecular weight is 469 g/mol. The third-order valence-corrected chi connectivity index (χ3v) is 6.19. The molecule has 4 rings (SSSR count). The van der Waals surface area contributed by atoms with Gasteiger partial charge in [0.05, 0.1) is 5.52 Å². The molecule has 0 saturated heterocycles. The van der Waals surface area contributed by atoms with Gasteiger partial charge in [0, 0.05) is 21.2 Å². The highest BCUT2D eigenvalue weighted by Gasteiger charge is 2.20. The van der Waals surface area contributed by atoms with Crippen molar-refractivity contribution in [3.05, 3.63) is 28.0 Å². The van der Waals surface area contributed by atoms with Crippen molar-refractivity contribution in [2.24, 2.45) is 5.73 Å². The van der Waals surface area contributed by atoms with Crippen LogP contribution >= 0.6 is 34.4 Å². The molecule has 0 spiro atoms. The van der Waals surface area contributed by atoms with E-state index in [0.717, 1.165) is 49.1 Å². The van der Waals surface area contributed by atoms with Crippen molar-refractivity contribution >= 4 is 51.2 Å². The van der Waals surface area contributed by atoms with Gasteiger partial charge in [-0.15, -0.1) is 0 Å². The van der Waals surface area contributed by atoms with Gasteiger partial charge in [-0.1, -0.05) is 11.8 Å². The summed E-state index contributed by atoms with van der Waals surface area (Å²) in [4.78, 5) is 9.92. The van der Waals surface area contributed by atoms with Crippen LogP contribution in [0, 0.1) is 3.57 Å². The van der Waals surface area contributed by atoms with E-state index in [1.807, 2.05) is 18.2 Å². The smallest absolute Gasteiger partial charge is 0.231 e. The molecule has 0 bridgehead atoms. The number of hydrogen-bond donors (Lipinski definition) is 2. The van der Waals surface area contributed by atoms with E-state index in [1.165, 1.54) is 0 Å². The predicted molar refractivity (Wildman–Crippen MR) is 105 cm³/mol. The molecule has 7 nitrogen and oxygen atoms in total. The molecule has 0 atom stereocenters. The van der Waals surface area contributed by atoms with Gasteiger partial charge in [-0.2, -0.15) is 0 Å². The van der Waals surface area contributed by atoms with E-state index in [-0.39, 0.29) is 6.79 Å². The molecule has 130 valence electrons. The number of aromatic nitrogens is 3. The Morgan fingerprint density at radius 3 is 2.88 bits per heavy atom. The second-order valence-electron chi connectivity index (χ2n) is 5.49. The highest BCUT2D eigenvalue weighted by molar-refractivity contribution is 14.1. The number of hydrogen-bond acceptors (Lipinski definition) is 7. The van der Waals surface area contributed by atoms with Crippen LogP contribution in [0.4, 0.5) is 5.82 Å². The van der Waals surface area contributed by atoms with Crippen LogP contribution in [0.3, 0.4) is 0 Å². The minimum Gasteiger partial charge on any atom is -0.454 e. The van der Waals surface area contributed by atoms with Crippen molar-refractivity contribution in [2.75, 3.05) is 19.1 Å². The molecule has 4 N–H and O–H groups in total. The Balaban J connectivity index is 1.77. The largest absolute Gasteiger partial charge is 0.454 e. The third kappa shape index (κ3) is 3.11. The van der Waals surface area contributed by atoms with Gasteiger partial charge in [0.25, 0.3) is 0 Å². The zero-order valence-electron chi connectivity index (χ0n) is 13.2. The molecular weight excluding hydrogens is 453 g/mol. The van der Waals surface area contributed by atoms with Gasteiger partial charge >= 0.3 is 0 Å². The SMILES string of the molecule is NCCCn1c(Sc2cc3c(cc2I)OCO3)nc2c(N)nccc21. The van der Waals surface area contributed by atoms with Crippen LogP contribution < -0.4 is 20.9 Å². The number of anilines is 1. The Kier molecular flexibility index (Phi) is 4.61. The summed E-state index contributed by atoms with van der Waals surface area (Å²) < 4.78 is 14.1. The van der Waals surface area contributed by atoms with Crippen LogP contribution in [0.25, 0.3) is 11.0 Å². The van der Waals surface area contributed by atoms with Gasteiger partial charge in [0.2, 0.25) is 6.79 Å². The number of fused-ring (bicyclic) bond motifs is 2. The lowest BCUT2D eigenvalue weighted by Crippen LogP contribution is -2.06. The molecule has 3 aromatic rings. The number of nitrogens with zero attached hydrogens (tertiary/aromatic N) is 3. The van der Waals surface area contributed by atoms with Crippen LogP contribution in [-0.2, 0) is 6.54 Å². The molecule has 0 saturated carbocycles. The molecule has 9 heteroatoms. The fourth-order valence-electron chi connectivity index (χ4n) is 2.67. The number of halogens is 1. The Morgan fingerprint density at radius 2 is 2.08 bits per heavy atom. The van der Waals surface area contributed by atoms with Crippen LogP contribution in [0.1, 0.15) is 6.42 Å². The van der Waals surface area contributed by atoms with Crippen molar-refractivity contribution in [1.29, 1.82) is 0 Å². The van der Waals surface area contributed by atoms with Gasteiger partial charge in [-0.3, -0.25) is 0 Å². The van der Waals surface area contributed by atoms with Crippen LogP contribution in [0.5, 0.6) is 11.5 Å². The lowest BCUT2D eigenvalue weighted by molar-refractivity contribution is 0.174. The monoisotopic (exact) mass is 469 g/mol. The number of nitrogen functional groups attached to an aromatic ring is 1. The average Bonchev–Trinajstić information content (AvgIpc) is 3.18. The van der Waals surface area contributed by atoms with Gasteiger partial charge in [-0.25, -0.2) is 9.97 Å². The molecule has 0 unspecified atom stereocenters. The molecule has 1 aromatic carbocycles. The second kappa shape index (κ2) is 6.89. The standard InChI is InChI=1S/C16H16IN5O2S/c17-9-6-11-12(24-8-23-11)7-13(9)25-16-21-14-10(2-4-20-15(14)19)22(16)5-1-3-18/h2,4,6-7H,1,3,5,8,18H2,(H2,19,20). The van der Waals surface area contributed by atoms with Crippen molar-refractivity contribution < 1.29 is 9.47 Å². The van der Waals surface area contributed by atoms with Crippen LogP contribution in [0.2, 0.25) is 0 Å². The number of ether oxygens (including phenoxy) is 2. The predicted octanol–water partition coefficient (Wildman–Crippen LogP) is 2.85. The fourth-order valence-corrected chi connectivity index (χ4v) is 4.39. The van der Waals surface area contributed by atoms with E-state index < -0.39 is 0 Å². The van der Waals surface area contributed by atoms with Gasteiger partial charge in [0.1, 0.15) is 5.52 Å². The van der Waals surface area contributed by atoms with Gasteiger partial charge < -0.3 is 25.5 Å². The molecule has 1 aliphatic heterocycles. The minimum atomic E-state index is 0.261. The number of aryl methyl sites for hydroxylation is 1. The first-order valence-corrected chi connectivity index (χ1v) is 9.64. The van der Waals surface area contributed by atoms with E-state index in [4.69, 9.17) is 25.9 Å². The lowest BCUT2D eigenvalue weighted by Gasteiger charge is -2.09.